The Morgan fingerprint density at radius 3 is 1.90 bits per heavy atom. The van der Waals surface area contributed by atoms with Crippen LogP contribution in [0.15, 0.2) is 25.3 Å². The number of rotatable bonds is 2. The van der Waals surface area contributed by atoms with Crippen molar-refractivity contribution in [1.82, 2.24) is 0 Å². The topological polar surface area (TPSA) is 35.5 Å². The van der Waals surface area contributed by atoms with E-state index in [0.29, 0.717) is 0 Å². The number of hydrogen-bond acceptors (Lipinski definition) is 3. The first-order valence-corrected chi connectivity index (χ1v) is 2.90. The first-order valence-electron chi connectivity index (χ1n) is 2.90. The van der Waals surface area contributed by atoms with E-state index in [4.69, 9.17) is 0 Å². The molecule has 0 aliphatic carbocycles. The fourth-order valence-electron chi connectivity index (χ4n) is 0.749. The van der Waals surface area contributed by atoms with Crippen molar-refractivity contribution in [3.8, 4) is 0 Å². The van der Waals surface area contributed by atoms with Crippen LogP contribution in [0.3, 0.4) is 0 Å². The summed E-state index contributed by atoms with van der Waals surface area (Å²) in [7, 11) is 0. The van der Waals surface area contributed by atoms with Gasteiger partial charge in [0.1, 0.15) is 0 Å². The average molecular weight is 140 g/mol. The molecule has 2 atom stereocenters. The van der Waals surface area contributed by atoms with Gasteiger partial charge in [-0.25, -0.2) is 4.79 Å². The molecule has 1 aliphatic rings. The second kappa shape index (κ2) is 2.56. The summed E-state index contributed by atoms with van der Waals surface area (Å²) in [6.07, 6.45) is 1.62. The van der Waals surface area contributed by atoms with Crippen LogP contribution in [0, 0.1) is 0 Å². The van der Waals surface area contributed by atoms with Crippen molar-refractivity contribution in [3.05, 3.63) is 25.3 Å². The zero-order chi connectivity index (χ0) is 7.56. The van der Waals surface area contributed by atoms with Crippen LogP contribution >= 0.6 is 0 Å². The van der Waals surface area contributed by atoms with Gasteiger partial charge in [-0.15, -0.1) is 0 Å². The van der Waals surface area contributed by atoms with Crippen molar-refractivity contribution in [3.63, 3.8) is 0 Å². The van der Waals surface area contributed by atoms with Crippen LogP contribution in [0.1, 0.15) is 0 Å². The third kappa shape index (κ3) is 1.03. The van der Waals surface area contributed by atoms with Crippen molar-refractivity contribution in [2.75, 3.05) is 0 Å². The van der Waals surface area contributed by atoms with Gasteiger partial charge in [-0.3, -0.25) is 0 Å². The normalized spacial score (nSPS) is 30.6. The van der Waals surface area contributed by atoms with Gasteiger partial charge in [-0.1, -0.05) is 13.2 Å². The summed E-state index contributed by atoms with van der Waals surface area (Å²) in [5.74, 6) is 0. The number of hydrogen-bond donors (Lipinski definition) is 0. The maximum Gasteiger partial charge on any atom is 0.509 e. The smallest absolute Gasteiger partial charge is 0.422 e. The van der Waals surface area contributed by atoms with E-state index in [-0.39, 0.29) is 12.2 Å². The predicted molar refractivity (Wildman–Crippen MR) is 35.5 cm³/mol. The third-order valence-electron chi connectivity index (χ3n) is 1.25. The van der Waals surface area contributed by atoms with E-state index in [1.165, 1.54) is 12.2 Å². The molecule has 0 aromatic heterocycles. The molecule has 54 valence electrons. The lowest BCUT2D eigenvalue weighted by Crippen LogP contribution is -2.16. The molecule has 3 heteroatoms. The molecule has 0 N–H and O–H groups in total. The average Bonchev–Trinajstić information content (AvgIpc) is 2.30. The number of ether oxygens (including phenoxy) is 2. The van der Waals surface area contributed by atoms with E-state index in [2.05, 4.69) is 22.6 Å². The molecule has 1 saturated heterocycles. The quantitative estimate of drug-likeness (QED) is 0.428. The highest BCUT2D eigenvalue weighted by Crippen LogP contribution is 2.16. The zero-order valence-corrected chi connectivity index (χ0v) is 5.45. The van der Waals surface area contributed by atoms with Gasteiger partial charge in [-0.2, -0.15) is 0 Å². The van der Waals surface area contributed by atoms with Crippen molar-refractivity contribution >= 4 is 6.16 Å². The summed E-state index contributed by atoms with van der Waals surface area (Å²) >= 11 is 0. The second-order valence-corrected chi connectivity index (χ2v) is 1.89. The molecule has 3 nitrogen and oxygen atoms in total. The first kappa shape index (κ1) is 6.86. The number of cyclic esters (lactones) is 2. The van der Waals surface area contributed by atoms with Crippen LogP contribution < -0.4 is 0 Å². The molecule has 0 saturated carbocycles. The Hall–Kier alpha value is -1.25. The predicted octanol–water partition coefficient (Wildman–Crippen LogP) is 1.26. The summed E-state index contributed by atoms with van der Waals surface area (Å²) in [5, 5.41) is 0. The molecule has 0 bridgehead atoms. The van der Waals surface area contributed by atoms with Crippen LogP contribution in [-0.2, 0) is 9.47 Å². The lowest BCUT2D eigenvalue weighted by molar-refractivity contribution is 0.122. The van der Waals surface area contributed by atoms with Gasteiger partial charge in [0.25, 0.3) is 0 Å². The zero-order valence-electron chi connectivity index (χ0n) is 5.45. The van der Waals surface area contributed by atoms with Crippen molar-refractivity contribution < 1.29 is 14.3 Å². The van der Waals surface area contributed by atoms with Crippen molar-refractivity contribution in [1.29, 1.82) is 0 Å². The molecule has 0 aromatic rings. The fraction of sp³-hybridized carbons (Fsp3) is 0.286. The molecule has 0 amide bonds. The lowest BCUT2D eigenvalue weighted by atomic mass is 10.2. The van der Waals surface area contributed by atoms with Gasteiger partial charge in [0.05, 0.1) is 0 Å². The van der Waals surface area contributed by atoms with Crippen LogP contribution in [0.25, 0.3) is 0 Å². The molecule has 10 heavy (non-hydrogen) atoms. The van der Waals surface area contributed by atoms with Gasteiger partial charge in [-0.05, 0) is 12.2 Å². The third-order valence-corrected chi connectivity index (χ3v) is 1.25. The van der Waals surface area contributed by atoms with E-state index in [1.807, 2.05) is 0 Å². The highest BCUT2D eigenvalue weighted by Gasteiger charge is 2.31. The number of carbonyl (C=O) groups is 1. The van der Waals surface area contributed by atoms with Crippen LogP contribution in [0.4, 0.5) is 4.79 Å². The number of carbonyl (C=O) groups excluding carboxylic acids is 1. The second-order valence-electron chi connectivity index (χ2n) is 1.89. The van der Waals surface area contributed by atoms with Crippen LogP contribution in [0.2, 0.25) is 0 Å². The summed E-state index contributed by atoms with van der Waals surface area (Å²) in [5.41, 5.74) is 0. The minimum absolute atomic E-state index is 0.370. The Morgan fingerprint density at radius 1 is 1.20 bits per heavy atom. The minimum atomic E-state index is -0.658. The lowest BCUT2D eigenvalue weighted by Gasteiger charge is -2.03. The molecule has 1 aliphatic heterocycles. The molecule has 1 rings (SSSR count). The van der Waals surface area contributed by atoms with Gasteiger partial charge >= 0.3 is 6.16 Å². The van der Waals surface area contributed by atoms with E-state index in [1.54, 1.807) is 0 Å². The van der Waals surface area contributed by atoms with Gasteiger partial charge < -0.3 is 9.47 Å². The monoisotopic (exact) mass is 140 g/mol. The van der Waals surface area contributed by atoms with Crippen molar-refractivity contribution in [2.24, 2.45) is 0 Å². The van der Waals surface area contributed by atoms with E-state index < -0.39 is 6.16 Å². The molecular weight excluding hydrogens is 132 g/mol. The molecule has 0 spiro atoms. The van der Waals surface area contributed by atoms with E-state index >= 15 is 0 Å². The molecule has 0 aromatic carbocycles. The molecular formula is C7H8O3. The standard InChI is InChI=1S/C7H8O3/c1-3-5-6(4-2)10-7(8)9-5/h3-6H,1-2H2/t5-,6+. The maximum absolute atomic E-state index is 10.4. The maximum atomic E-state index is 10.4. The van der Waals surface area contributed by atoms with Crippen LogP contribution in [-0.4, -0.2) is 18.4 Å². The first-order chi connectivity index (χ1) is 4.77. The van der Waals surface area contributed by atoms with Gasteiger partial charge in [0, 0.05) is 0 Å². The Morgan fingerprint density at radius 2 is 1.60 bits per heavy atom. The summed E-state index contributed by atoms with van der Waals surface area (Å²) in [4.78, 5) is 10.4. The minimum Gasteiger partial charge on any atom is -0.422 e. The van der Waals surface area contributed by atoms with Crippen molar-refractivity contribution in [2.45, 2.75) is 12.2 Å². The Labute approximate surface area is 58.9 Å². The SMILES string of the molecule is C=C[C@@H]1OC(=O)O[C@@H]1C=C. The highest BCUT2D eigenvalue weighted by molar-refractivity contribution is 5.63. The largest absolute Gasteiger partial charge is 0.509 e. The highest BCUT2D eigenvalue weighted by atomic mass is 16.8. The summed E-state index contributed by atoms with van der Waals surface area (Å²) in [6, 6.07) is 0. The summed E-state index contributed by atoms with van der Waals surface area (Å²) in [6.45, 7) is 6.94. The summed E-state index contributed by atoms with van der Waals surface area (Å²) < 4.78 is 9.33. The van der Waals surface area contributed by atoms with E-state index in [9.17, 15) is 4.79 Å². The molecule has 0 unspecified atom stereocenters. The molecule has 1 fully saturated rings. The van der Waals surface area contributed by atoms with Crippen LogP contribution in [0.5, 0.6) is 0 Å². The Kier molecular flexibility index (Phi) is 1.76. The Balaban J connectivity index is 2.65. The molecule has 1 heterocycles. The Bertz CT molecular complexity index is 156. The van der Waals surface area contributed by atoms with Gasteiger partial charge in [0.2, 0.25) is 0 Å². The molecule has 0 radical (unpaired) electrons. The van der Waals surface area contributed by atoms with E-state index in [0.717, 1.165) is 0 Å². The van der Waals surface area contributed by atoms with Gasteiger partial charge in [0.15, 0.2) is 12.2 Å². The fourth-order valence-corrected chi connectivity index (χ4v) is 0.749.